The molecule has 0 saturated carbocycles. The van der Waals surface area contributed by atoms with Crippen molar-refractivity contribution in [3.05, 3.63) is 32.6 Å². The number of rotatable bonds is 8. The zero-order chi connectivity index (χ0) is 23.3. The van der Waals surface area contributed by atoms with Gasteiger partial charge in [-0.25, -0.2) is 4.79 Å². The molecule has 1 N–H and O–H groups in total. The molecule has 12 nitrogen and oxygen atoms in total. The molecule has 4 atom stereocenters. The van der Waals surface area contributed by atoms with E-state index in [0.29, 0.717) is 6.54 Å². The zero-order valence-electron chi connectivity index (χ0n) is 18.1. The van der Waals surface area contributed by atoms with E-state index in [1.807, 2.05) is 19.0 Å². The quantitative estimate of drug-likeness (QED) is 0.392. The molecule has 31 heavy (non-hydrogen) atoms. The van der Waals surface area contributed by atoms with Gasteiger partial charge in [0.15, 0.2) is 12.2 Å². The standard InChI is InChI=1S/C19H27N3O9/c1-10(23)28-9-14-16(29-11(2)24)17(30-12(3)25)15(31-14)13-8-22(7-6-21(4)5)19(27)20-18(13)26/h8,14-17H,6-7,9H2,1-5H3,(H,20,26,27)/t14-,15+,16?,17?/m1/s1. The molecular formula is C19H27N3O9. The number of esters is 3. The molecule has 2 unspecified atom stereocenters. The Balaban J connectivity index is 2.47. The number of H-pyrrole nitrogens is 1. The maximum atomic E-state index is 12.6. The molecule has 172 valence electrons. The van der Waals surface area contributed by atoms with Crippen LogP contribution in [0.3, 0.4) is 0 Å². The molecule has 1 saturated heterocycles. The maximum absolute atomic E-state index is 12.6. The summed E-state index contributed by atoms with van der Waals surface area (Å²) in [5.74, 6) is -1.96. The van der Waals surface area contributed by atoms with E-state index in [0.717, 1.165) is 13.8 Å². The number of likely N-dealkylation sites (N-methyl/N-ethyl adjacent to an activating group) is 1. The summed E-state index contributed by atoms with van der Waals surface area (Å²) in [5, 5.41) is 0. The molecule has 1 aromatic rings. The largest absolute Gasteiger partial charge is 0.463 e. The number of carbonyl (C=O) groups excluding carboxylic acids is 3. The molecule has 0 amide bonds. The second-order valence-electron chi connectivity index (χ2n) is 7.39. The maximum Gasteiger partial charge on any atom is 0.328 e. The van der Waals surface area contributed by atoms with E-state index in [2.05, 4.69) is 4.98 Å². The van der Waals surface area contributed by atoms with E-state index in [1.165, 1.54) is 17.7 Å². The van der Waals surface area contributed by atoms with Gasteiger partial charge in [0.05, 0.1) is 5.56 Å². The highest BCUT2D eigenvalue weighted by Crippen LogP contribution is 2.36. The van der Waals surface area contributed by atoms with Crippen LogP contribution in [0.25, 0.3) is 0 Å². The Labute approximate surface area is 178 Å². The lowest BCUT2D eigenvalue weighted by Crippen LogP contribution is -2.41. The minimum Gasteiger partial charge on any atom is -0.463 e. The predicted octanol–water partition coefficient (Wildman–Crippen LogP) is -1.04. The summed E-state index contributed by atoms with van der Waals surface area (Å²) in [6.45, 7) is 4.03. The van der Waals surface area contributed by atoms with Gasteiger partial charge in [0, 0.05) is 40.1 Å². The van der Waals surface area contributed by atoms with E-state index in [4.69, 9.17) is 18.9 Å². The van der Waals surface area contributed by atoms with Crippen molar-refractivity contribution in [1.29, 1.82) is 0 Å². The molecule has 1 aliphatic heterocycles. The first-order valence-corrected chi connectivity index (χ1v) is 9.61. The molecule has 2 rings (SSSR count). The molecule has 0 aromatic carbocycles. The fraction of sp³-hybridized carbons (Fsp3) is 0.632. The van der Waals surface area contributed by atoms with Gasteiger partial charge in [-0.3, -0.25) is 28.7 Å². The monoisotopic (exact) mass is 441 g/mol. The van der Waals surface area contributed by atoms with E-state index in [-0.39, 0.29) is 18.7 Å². The molecule has 0 spiro atoms. The third kappa shape index (κ3) is 6.49. The number of nitrogens with one attached hydrogen (secondary N) is 1. The highest BCUT2D eigenvalue weighted by atomic mass is 16.6. The minimum atomic E-state index is -1.19. The van der Waals surface area contributed by atoms with Gasteiger partial charge in [-0.15, -0.1) is 0 Å². The third-order valence-electron chi connectivity index (χ3n) is 4.50. The number of ether oxygens (including phenoxy) is 4. The van der Waals surface area contributed by atoms with Crippen molar-refractivity contribution in [1.82, 2.24) is 14.5 Å². The second kappa shape index (κ2) is 10.4. The second-order valence-corrected chi connectivity index (χ2v) is 7.39. The van der Waals surface area contributed by atoms with Crippen LogP contribution in [0.4, 0.5) is 0 Å². The number of hydrogen-bond donors (Lipinski definition) is 1. The summed E-state index contributed by atoms with van der Waals surface area (Å²) in [6, 6.07) is 0. The molecule has 2 heterocycles. The average Bonchev–Trinajstić information content (AvgIpc) is 2.95. The molecule has 1 aromatic heterocycles. The predicted molar refractivity (Wildman–Crippen MR) is 105 cm³/mol. The number of aromatic amines is 1. The van der Waals surface area contributed by atoms with E-state index in [1.54, 1.807) is 0 Å². The van der Waals surface area contributed by atoms with Crippen LogP contribution in [0.5, 0.6) is 0 Å². The van der Waals surface area contributed by atoms with Crippen molar-refractivity contribution >= 4 is 17.9 Å². The summed E-state index contributed by atoms with van der Waals surface area (Å²) in [6.07, 6.45) is -3.16. The molecule has 1 fully saturated rings. The summed E-state index contributed by atoms with van der Waals surface area (Å²) in [7, 11) is 3.66. The van der Waals surface area contributed by atoms with Crippen LogP contribution in [-0.4, -0.2) is 77.9 Å². The van der Waals surface area contributed by atoms with Crippen LogP contribution in [0, 0.1) is 0 Å². The van der Waals surface area contributed by atoms with Crippen molar-refractivity contribution < 1.29 is 33.3 Å². The smallest absolute Gasteiger partial charge is 0.328 e. The van der Waals surface area contributed by atoms with Crippen molar-refractivity contribution in [2.24, 2.45) is 0 Å². The van der Waals surface area contributed by atoms with Gasteiger partial charge in [0.1, 0.15) is 18.8 Å². The van der Waals surface area contributed by atoms with Gasteiger partial charge in [-0.1, -0.05) is 0 Å². The highest BCUT2D eigenvalue weighted by molar-refractivity contribution is 5.68. The molecule has 0 bridgehead atoms. The van der Waals surface area contributed by atoms with Crippen LogP contribution in [-0.2, 0) is 39.9 Å². The Hall–Kier alpha value is -2.99. The van der Waals surface area contributed by atoms with Gasteiger partial charge >= 0.3 is 23.6 Å². The van der Waals surface area contributed by atoms with Crippen LogP contribution in [0.1, 0.15) is 32.4 Å². The Kier molecular flexibility index (Phi) is 8.11. The molecular weight excluding hydrogens is 414 g/mol. The van der Waals surface area contributed by atoms with Crippen LogP contribution >= 0.6 is 0 Å². The van der Waals surface area contributed by atoms with E-state index >= 15 is 0 Å². The number of hydrogen-bond acceptors (Lipinski definition) is 10. The molecule has 0 aliphatic carbocycles. The fourth-order valence-corrected chi connectivity index (χ4v) is 3.17. The number of nitrogens with zero attached hydrogens (tertiary/aromatic N) is 2. The lowest BCUT2D eigenvalue weighted by atomic mass is 10.0. The van der Waals surface area contributed by atoms with Gasteiger partial charge in [-0.2, -0.15) is 0 Å². The van der Waals surface area contributed by atoms with Crippen LogP contribution in [0.2, 0.25) is 0 Å². The first-order chi connectivity index (χ1) is 14.5. The number of aromatic nitrogens is 2. The highest BCUT2D eigenvalue weighted by Gasteiger charge is 2.51. The third-order valence-corrected chi connectivity index (χ3v) is 4.50. The first kappa shape index (κ1) is 24.3. The minimum absolute atomic E-state index is 0.00656. The van der Waals surface area contributed by atoms with Gasteiger partial charge in [-0.05, 0) is 14.1 Å². The molecule has 12 heteroatoms. The Morgan fingerprint density at radius 3 is 2.23 bits per heavy atom. The fourth-order valence-electron chi connectivity index (χ4n) is 3.17. The van der Waals surface area contributed by atoms with Crippen molar-refractivity contribution in [3.8, 4) is 0 Å². The lowest BCUT2D eigenvalue weighted by molar-refractivity contribution is -0.165. The normalized spacial score (nSPS) is 22.9. The van der Waals surface area contributed by atoms with Crippen molar-refractivity contribution in [3.63, 3.8) is 0 Å². The van der Waals surface area contributed by atoms with Crippen molar-refractivity contribution in [2.45, 2.75) is 51.7 Å². The Bertz CT molecular complexity index is 936. The van der Waals surface area contributed by atoms with E-state index < -0.39 is 53.6 Å². The van der Waals surface area contributed by atoms with Gasteiger partial charge < -0.3 is 23.8 Å². The van der Waals surface area contributed by atoms with Crippen molar-refractivity contribution in [2.75, 3.05) is 27.2 Å². The summed E-state index contributed by atoms with van der Waals surface area (Å²) >= 11 is 0. The van der Waals surface area contributed by atoms with Gasteiger partial charge in [0.2, 0.25) is 0 Å². The average molecular weight is 441 g/mol. The summed E-state index contributed by atoms with van der Waals surface area (Å²) in [5.41, 5.74) is -1.33. The first-order valence-electron chi connectivity index (χ1n) is 9.61. The SMILES string of the molecule is CC(=O)OC[C@H]1O[C@@H](c2cn(CCN(C)C)c(=O)[nH]c2=O)C(OC(C)=O)C1OC(C)=O. The number of carbonyl (C=O) groups is 3. The summed E-state index contributed by atoms with van der Waals surface area (Å²) in [4.78, 5) is 63.4. The molecule has 0 radical (unpaired) electrons. The van der Waals surface area contributed by atoms with Crippen LogP contribution in [0.15, 0.2) is 15.8 Å². The summed E-state index contributed by atoms with van der Waals surface area (Å²) < 4.78 is 22.7. The Morgan fingerprint density at radius 1 is 1.06 bits per heavy atom. The van der Waals surface area contributed by atoms with E-state index in [9.17, 15) is 24.0 Å². The Morgan fingerprint density at radius 2 is 1.68 bits per heavy atom. The molecule has 1 aliphatic rings. The van der Waals surface area contributed by atoms with Crippen LogP contribution < -0.4 is 11.2 Å². The van der Waals surface area contributed by atoms with Gasteiger partial charge in [0.25, 0.3) is 5.56 Å². The zero-order valence-corrected chi connectivity index (χ0v) is 18.1. The lowest BCUT2D eigenvalue weighted by Gasteiger charge is -2.23. The topological polar surface area (TPSA) is 146 Å².